The molecule has 94 valence electrons. The molecule has 0 radical (unpaired) electrons. The summed E-state index contributed by atoms with van der Waals surface area (Å²) in [5, 5.41) is -0.0462. The lowest BCUT2D eigenvalue weighted by Gasteiger charge is -2.06. The van der Waals surface area contributed by atoms with Crippen LogP contribution in [0.2, 0.25) is 5.02 Å². The maximum Gasteiger partial charge on any atom is 0.273 e. The minimum atomic E-state index is -0.413. The number of aryl methyl sites for hydroxylation is 1. The molecule has 5 heteroatoms. The summed E-state index contributed by atoms with van der Waals surface area (Å²) in [5.74, 6) is 0.721. The summed E-state index contributed by atoms with van der Waals surface area (Å²) < 4.78 is 5.46. The molecule has 1 aromatic carbocycles. The summed E-state index contributed by atoms with van der Waals surface area (Å²) >= 11 is 5.79. The van der Waals surface area contributed by atoms with Gasteiger partial charge in [-0.1, -0.05) is 37.1 Å². The Hall–Kier alpha value is -1.81. The Morgan fingerprint density at radius 3 is 2.72 bits per heavy atom. The summed E-state index contributed by atoms with van der Waals surface area (Å²) in [5.41, 5.74) is 0.832. The number of hydrogen-bond donors (Lipinski definition) is 1. The SMILES string of the molecule is CCCc1ccc(Oc2nc[nH]c(=O)c2Cl)cc1. The van der Waals surface area contributed by atoms with Gasteiger partial charge in [-0.05, 0) is 24.1 Å². The van der Waals surface area contributed by atoms with Crippen LogP contribution in [0, 0.1) is 0 Å². The molecule has 0 unspecified atom stereocenters. The van der Waals surface area contributed by atoms with Crippen molar-refractivity contribution in [2.75, 3.05) is 0 Å². The Balaban J connectivity index is 2.18. The Morgan fingerprint density at radius 1 is 1.33 bits per heavy atom. The van der Waals surface area contributed by atoms with E-state index in [2.05, 4.69) is 16.9 Å². The van der Waals surface area contributed by atoms with Crippen LogP contribution < -0.4 is 10.3 Å². The first-order valence-electron chi connectivity index (χ1n) is 5.70. The molecule has 1 aromatic heterocycles. The normalized spacial score (nSPS) is 10.3. The zero-order valence-corrected chi connectivity index (χ0v) is 10.7. The van der Waals surface area contributed by atoms with Gasteiger partial charge >= 0.3 is 0 Å². The largest absolute Gasteiger partial charge is 0.437 e. The van der Waals surface area contributed by atoms with Crippen LogP contribution >= 0.6 is 11.6 Å². The monoisotopic (exact) mass is 264 g/mol. The van der Waals surface area contributed by atoms with Gasteiger partial charge in [0, 0.05) is 0 Å². The van der Waals surface area contributed by atoms with E-state index in [4.69, 9.17) is 16.3 Å². The zero-order chi connectivity index (χ0) is 13.0. The third kappa shape index (κ3) is 2.90. The number of nitrogens with one attached hydrogen (secondary N) is 1. The number of halogens is 1. The molecule has 0 spiro atoms. The number of aromatic amines is 1. The van der Waals surface area contributed by atoms with Crippen molar-refractivity contribution in [2.24, 2.45) is 0 Å². The Labute approximate surface area is 110 Å². The molecule has 1 heterocycles. The third-order valence-electron chi connectivity index (χ3n) is 2.44. The second-order valence-electron chi connectivity index (χ2n) is 3.85. The van der Waals surface area contributed by atoms with Gasteiger partial charge in [0.2, 0.25) is 5.88 Å². The lowest BCUT2D eigenvalue weighted by molar-refractivity contribution is 0.460. The fourth-order valence-corrected chi connectivity index (χ4v) is 1.70. The highest BCUT2D eigenvalue weighted by molar-refractivity contribution is 6.31. The van der Waals surface area contributed by atoms with E-state index in [0.29, 0.717) is 5.75 Å². The van der Waals surface area contributed by atoms with Gasteiger partial charge in [-0.3, -0.25) is 4.79 Å². The topological polar surface area (TPSA) is 55.0 Å². The van der Waals surface area contributed by atoms with Crippen molar-refractivity contribution < 1.29 is 4.74 Å². The molecule has 0 fully saturated rings. The van der Waals surface area contributed by atoms with Crippen molar-refractivity contribution >= 4 is 11.6 Å². The molecule has 0 aliphatic rings. The van der Waals surface area contributed by atoms with Crippen molar-refractivity contribution in [3.63, 3.8) is 0 Å². The summed E-state index contributed by atoms with van der Waals surface area (Å²) in [4.78, 5) is 17.5. The van der Waals surface area contributed by atoms with Crippen LogP contribution in [0.15, 0.2) is 35.4 Å². The molecule has 2 rings (SSSR count). The number of ether oxygens (including phenoxy) is 1. The van der Waals surface area contributed by atoms with Gasteiger partial charge < -0.3 is 9.72 Å². The molecular formula is C13H13ClN2O2. The van der Waals surface area contributed by atoms with Gasteiger partial charge in [0.1, 0.15) is 5.75 Å². The molecule has 0 saturated carbocycles. The molecular weight excluding hydrogens is 252 g/mol. The van der Waals surface area contributed by atoms with Crippen LogP contribution in [0.3, 0.4) is 0 Å². The van der Waals surface area contributed by atoms with Crippen molar-refractivity contribution in [1.82, 2.24) is 9.97 Å². The van der Waals surface area contributed by atoms with Crippen molar-refractivity contribution in [2.45, 2.75) is 19.8 Å². The maximum absolute atomic E-state index is 11.3. The van der Waals surface area contributed by atoms with Crippen molar-refractivity contribution in [3.8, 4) is 11.6 Å². The number of rotatable bonds is 4. The molecule has 0 bridgehead atoms. The van der Waals surface area contributed by atoms with E-state index in [1.807, 2.05) is 24.3 Å². The quantitative estimate of drug-likeness (QED) is 0.923. The summed E-state index contributed by atoms with van der Waals surface area (Å²) in [6.07, 6.45) is 3.39. The standard InChI is InChI=1S/C13H13ClN2O2/c1-2-3-9-4-6-10(7-5-9)18-13-11(14)12(17)15-8-16-13/h4-8H,2-3H2,1H3,(H,15,16,17). The second kappa shape index (κ2) is 5.69. The van der Waals surface area contributed by atoms with E-state index in [0.717, 1.165) is 12.8 Å². The predicted octanol–water partition coefficient (Wildman–Crippen LogP) is 3.17. The first-order valence-corrected chi connectivity index (χ1v) is 6.08. The zero-order valence-electron chi connectivity index (χ0n) is 9.94. The van der Waals surface area contributed by atoms with Crippen molar-refractivity contribution in [1.29, 1.82) is 0 Å². The van der Waals surface area contributed by atoms with Gasteiger partial charge in [0.25, 0.3) is 5.56 Å². The molecule has 2 aromatic rings. The molecule has 0 atom stereocenters. The number of H-pyrrole nitrogens is 1. The number of hydrogen-bond acceptors (Lipinski definition) is 3. The van der Waals surface area contributed by atoms with Crippen LogP contribution in [-0.4, -0.2) is 9.97 Å². The molecule has 1 N–H and O–H groups in total. The number of nitrogens with zero attached hydrogens (tertiary/aromatic N) is 1. The van der Waals surface area contributed by atoms with Gasteiger partial charge in [-0.25, -0.2) is 4.98 Å². The van der Waals surface area contributed by atoms with E-state index in [-0.39, 0.29) is 10.9 Å². The first kappa shape index (κ1) is 12.6. The lowest BCUT2D eigenvalue weighted by atomic mass is 10.1. The predicted molar refractivity (Wildman–Crippen MR) is 70.4 cm³/mol. The molecule has 0 aliphatic carbocycles. The number of benzene rings is 1. The first-order chi connectivity index (χ1) is 8.70. The summed E-state index contributed by atoms with van der Waals surface area (Å²) in [6.45, 7) is 2.13. The van der Waals surface area contributed by atoms with Gasteiger partial charge in [0.05, 0.1) is 6.33 Å². The minimum absolute atomic E-state index is 0.0462. The third-order valence-corrected chi connectivity index (χ3v) is 2.77. The fraction of sp³-hybridized carbons (Fsp3) is 0.231. The van der Waals surface area contributed by atoms with Crippen LogP contribution in [0.5, 0.6) is 11.6 Å². The van der Waals surface area contributed by atoms with E-state index < -0.39 is 5.56 Å². The van der Waals surface area contributed by atoms with Crippen LogP contribution in [0.1, 0.15) is 18.9 Å². The van der Waals surface area contributed by atoms with Crippen LogP contribution in [-0.2, 0) is 6.42 Å². The van der Waals surface area contributed by atoms with Gasteiger partial charge in [-0.2, -0.15) is 0 Å². The van der Waals surface area contributed by atoms with E-state index in [1.165, 1.54) is 11.9 Å². The smallest absolute Gasteiger partial charge is 0.273 e. The highest BCUT2D eigenvalue weighted by Crippen LogP contribution is 2.23. The Kier molecular flexibility index (Phi) is 3.99. The Morgan fingerprint density at radius 2 is 2.06 bits per heavy atom. The van der Waals surface area contributed by atoms with E-state index in [9.17, 15) is 4.79 Å². The molecule has 0 amide bonds. The van der Waals surface area contributed by atoms with Crippen molar-refractivity contribution in [3.05, 3.63) is 51.5 Å². The minimum Gasteiger partial charge on any atom is -0.437 e. The fourth-order valence-electron chi connectivity index (χ4n) is 1.56. The molecule has 0 aliphatic heterocycles. The molecule has 4 nitrogen and oxygen atoms in total. The highest BCUT2D eigenvalue weighted by atomic mass is 35.5. The summed E-state index contributed by atoms with van der Waals surface area (Å²) in [6, 6.07) is 7.65. The van der Waals surface area contributed by atoms with Gasteiger partial charge in [-0.15, -0.1) is 0 Å². The highest BCUT2D eigenvalue weighted by Gasteiger charge is 2.07. The number of aromatic nitrogens is 2. The molecule has 0 saturated heterocycles. The van der Waals surface area contributed by atoms with E-state index >= 15 is 0 Å². The average Bonchev–Trinajstić information content (AvgIpc) is 2.38. The van der Waals surface area contributed by atoms with Gasteiger partial charge in [0.15, 0.2) is 5.02 Å². The second-order valence-corrected chi connectivity index (χ2v) is 4.22. The molecule has 18 heavy (non-hydrogen) atoms. The average molecular weight is 265 g/mol. The van der Waals surface area contributed by atoms with E-state index in [1.54, 1.807) is 0 Å². The lowest BCUT2D eigenvalue weighted by Crippen LogP contribution is -2.07. The maximum atomic E-state index is 11.3. The summed E-state index contributed by atoms with van der Waals surface area (Å²) in [7, 11) is 0. The Bertz CT molecular complexity index is 578. The van der Waals surface area contributed by atoms with Crippen LogP contribution in [0.25, 0.3) is 0 Å². The van der Waals surface area contributed by atoms with Crippen LogP contribution in [0.4, 0.5) is 0 Å².